The maximum absolute atomic E-state index is 12.6. The Kier molecular flexibility index (Phi) is 4.71. The van der Waals surface area contributed by atoms with Crippen molar-refractivity contribution < 1.29 is 14.7 Å². The summed E-state index contributed by atoms with van der Waals surface area (Å²) in [5.41, 5.74) is -0.736. The number of likely N-dealkylation sites (tertiary alicyclic amines) is 1. The third kappa shape index (κ3) is 2.84. The quantitative estimate of drug-likeness (QED) is 0.809. The largest absolute Gasteiger partial charge is 0.481 e. The molecule has 4 nitrogen and oxygen atoms in total. The molecule has 2 rings (SSSR count). The molecule has 0 spiro atoms. The van der Waals surface area contributed by atoms with Gasteiger partial charge in [0.05, 0.1) is 5.41 Å². The Bertz CT molecular complexity index is 372. The minimum Gasteiger partial charge on any atom is -0.481 e. The number of rotatable bonds is 3. The minimum absolute atomic E-state index is 0.0620. The third-order valence-electron chi connectivity index (χ3n) is 5.35. The van der Waals surface area contributed by atoms with Gasteiger partial charge in [0, 0.05) is 19.0 Å². The highest BCUT2D eigenvalue weighted by Gasteiger charge is 2.49. The van der Waals surface area contributed by atoms with E-state index in [0.717, 1.165) is 25.7 Å². The zero-order chi connectivity index (χ0) is 14.8. The van der Waals surface area contributed by atoms with Crippen LogP contribution in [0.1, 0.15) is 58.8 Å². The van der Waals surface area contributed by atoms with Gasteiger partial charge in [-0.3, -0.25) is 9.59 Å². The number of amides is 1. The second kappa shape index (κ2) is 6.15. The normalized spacial score (nSPS) is 28.6. The lowest BCUT2D eigenvalue weighted by Gasteiger charge is -2.29. The zero-order valence-electron chi connectivity index (χ0n) is 12.7. The summed E-state index contributed by atoms with van der Waals surface area (Å²) in [5.74, 6) is -0.347. The van der Waals surface area contributed by atoms with Crippen LogP contribution in [0.3, 0.4) is 0 Å². The summed E-state index contributed by atoms with van der Waals surface area (Å²) in [4.78, 5) is 26.1. The van der Waals surface area contributed by atoms with E-state index in [0.29, 0.717) is 19.5 Å². The fourth-order valence-corrected chi connectivity index (χ4v) is 3.70. The molecule has 1 N–H and O–H groups in total. The van der Waals surface area contributed by atoms with E-state index >= 15 is 0 Å². The molecular weight excluding hydrogens is 254 g/mol. The van der Waals surface area contributed by atoms with E-state index in [2.05, 4.69) is 0 Å². The van der Waals surface area contributed by atoms with Crippen LogP contribution in [0.2, 0.25) is 0 Å². The van der Waals surface area contributed by atoms with Gasteiger partial charge in [-0.15, -0.1) is 0 Å². The standard InChI is InChI=1S/C16H27NO3/c1-12(2)16(15(19)20)9-10-17(11-16)14(18)13-7-5-3-4-6-8-13/h12-13H,3-11H2,1-2H3,(H,19,20). The maximum Gasteiger partial charge on any atom is 0.311 e. The second-order valence-electron chi connectivity index (χ2n) is 6.81. The molecule has 1 unspecified atom stereocenters. The molecule has 1 amide bonds. The van der Waals surface area contributed by atoms with Crippen LogP contribution in [0.15, 0.2) is 0 Å². The van der Waals surface area contributed by atoms with Crippen molar-refractivity contribution in [3.8, 4) is 0 Å². The van der Waals surface area contributed by atoms with Crippen molar-refractivity contribution in [3.05, 3.63) is 0 Å². The van der Waals surface area contributed by atoms with Crippen molar-refractivity contribution in [3.63, 3.8) is 0 Å². The summed E-state index contributed by atoms with van der Waals surface area (Å²) >= 11 is 0. The number of carbonyl (C=O) groups excluding carboxylic acids is 1. The topological polar surface area (TPSA) is 57.6 Å². The van der Waals surface area contributed by atoms with Crippen LogP contribution in [0.5, 0.6) is 0 Å². The van der Waals surface area contributed by atoms with Gasteiger partial charge in [0.15, 0.2) is 0 Å². The zero-order valence-corrected chi connectivity index (χ0v) is 12.7. The first kappa shape index (κ1) is 15.3. The van der Waals surface area contributed by atoms with Gasteiger partial charge in [-0.25, -0.2) is 0 Å². The molecule has 4 heteroatoms. The van der Waals surface area contributed by atoms with Gasteiger partial charge in [-0.05, 0) is 25.2 Å². The number of carbonyl (C=O) groups is 2. The molecule has 0 bridgehead atoms. The number of nitrogens with zero attached hydrogens (tertiary/aromatic N) is 1. The molecule has 20 heavy (non-hydrogen) atoms. The molecule has 1 aliphatic heterocycles. The van der Waals surface area contributed by atoms with Gasteiger partial charge in [-0.1, -0.05) is 39.5 Å². The number of carboxylic acid groups (broad SMARTS) is 1. The van der Waals surface area contributed by atoms with E-state index in [1.807, 2.05) is 18.7 Å². The first-order valence-electron chi connectivity index (χ1n) is 7.99. The lowest BCUT2D eigenvalue weighted by molar-refractivity contribution is -0.151. The van der Waals surface area contributed by atoms with Crippen molar-refractivity contribution in [2.24, 2.45) is 17.3 Å². The lowest BCUT2D eigenvalue weighted by atomic mass is 9.76. The Morgan fingerprint density at radius 3 is 2.20 bits per heavy atom. The van der Waals surface area contributed by atoms with Crippen LogP contribution in [0.4, 0.5) is 0 Å². The van der Waals surface area contributed by atoms with Gasteiger partial charge in [0.2, 0.25) is 5.91 Å². The highest BCUT2D eigenvalue weighted by Crippen LogP contribution is 2.39. The molecular formula is C16H27NO3. The van der Waals surface area contributed by atoms with E-state index in [4.69, 9.17) is 0 Å². The molecule has 1 atom stereocenters. The second-order valence-corrected chi connectivity index (χ2v) is 6.81. The molecule has 114 valence electrons. The summed E-state index contributed by atoms with van der Waals surface area (Å²) in [7, 11) is 0. The number of aliphatic carboxylic acids is 1. The average Bonchev–Trinajstić information content (AvgIpc) is 2.69. The molecule has 1 saturated heterocycles. The van der Waals surface area contributed by atoms with E-state index in [1.165, 1.54) is 12.8 Å². The lowest BCUT2D eigenvalue weighted by Crippen LogP contribution is -2.42. The highest BCUT2D eigenvalue weighted by atomic mass is 16.4. The highest BCUT2D eigenvalue weighted by molar-refractivity contribution is 5.82. The van der Waals surface area contributed by atoms with Crippen LogP contribution in [0, 0.1) is 17.3 Å². The van der Waals surface area contributed by atoms with Crippen LogP contribution in [-0.2, 0) is 9.59 Å². The predicted molar refractivity (Wildman–Crippen MR) is 77.3 cm³/mol. The summed E-state index contributed by atoms with van der Waals surface area (Å²) in [5, 5.41) is 9.55. The van der Waals surface area contributed by atoms with Gasteiger partial charge in [0.25, 0.3) is 0 Å². The Hall–Kier alpha value is -1.06. The van der Waals surface area contributed by atoms with E-state index < -0.39 is 11.4 Å². The van der Waals surface area contributed by atoms with Crippen molar-refractivity contribution in [1.82, 2.24) is 4.90 Å². The molecule has 1 aliphatic carbocycles. The van der Waals surface area contributed by atoms with Gasteiger partial charge in [0.1, 0.15) is 0 Å². The van der Waals surface area contributed by atoms with E-state index in [-0.39, 0.29) is 17.7 Å². The Balaban J connectivity index is 2.04. The number of hydrogen-bond donors (Lipinski definition) is 1. The van der Waals surface area contributed by atoms with Gasteiger partial charge < -0.3 is 10.0 Å². The van der Waals surface area contributed by atoms with Crippen molar-refractivity contribution in [2.45, 2.75) is 58.8 Å². The van der Waals surface area contributed by atoms with E-state index in [9.17, 15) is 14.7 Å². The molecule has 1 heterocycles. The van der Waals surface area contributed by atoms with Crippen molar-refractivity contribution in [1.29, 1.82) is 0 Å². The number of carboxylic acids is 1. The summed E-state index contributed by atoms with van der Waals surface area (Å²) in [6, 6.07) is 0. The fourth-order valence-electron chi connectivity index (χ4n) is 3.70. The van der Waals surface area contributed by atoms with Crippen molar-refractivity contribution >= 4 is 11.9 Å². The van der Waals surface area contributed by atoms with Crippen LogP contribution in [-0.4, -0.2) is 35.0 Å². The molecule has 0 aromatic heterocycles. The third-order valence-corrected chi connectivity index (χ3v) is 5.35. The fraction of sp³-hybridized carbons (Fsp3) is 0.875. The van der Waals surface area contributed by atoms with Crippen LogP contribution < -0.4 is 0 Å². The molecule has 2 aliphatic rings. The minimum atomic E-state index is -0.747. The average molecular weight is 281 g/mol. The Morgan fingerprint density at radius 1 is 1.15 bits per heavy atom. The monoisotopic (exact) mass is 281 g/mol. The van der Waals surface area contributed by atoms with E-state index in [1.54, 1.807) is 0 Å². The molecule has 0 radical (unpaired) electrons. The predicted octanol–water partition coefficient (Wildman–Crippen LogP) is 2.92. The molecule has 0 aromatic carbocycles. The first-order chi connectivity index (χ1) is 9.47. The first-order valence-corrected chi connectivity index (χ1v) is 7.99. The number of hydrogen-bond acceptors (Lipinski definition) is 2. The maximum atomic E-state index is 12.6. The smallest absolute Gasteiger partial charge is 0.311 e. The van der Waals surface area contributed by atoms with Gasteiger partial charge >= 0.3 is 5.97 Å². The van der Waals surface area contributed by atoms with Crippen LogP contribution in [0.25, 0.3) is 0 Å². The Morgan fingerprint density at radius 2 is 1.75 bits per heavy atom. The molecule has 1 saturated carbocycles. The summed E-state index contributed by atoms with van der Waals surface area (Å²) < 4.78 is 0. The molecule has 2 fully saturated rings. The van der Waals surface area contributed by atoms with Gasteiger partial charge in [-0.2, -0.15) is 0 Å². The van der Waals surface area contributed by atoms with Crippen LogP contribution >= 0.6 is 0 Å². The molecule has 0 aromatic rings. The summed E-state index contributed by atoms with van der Waals surface area (Å²) in [6.45, 7) is 4.91. The summed E-state index contributed by atoms with van der Waals surface area (Å²) in [6.07, 6.45) is 7.30. The SMILES string of the molecule is CC(C)C1(C(=O)O)CCN(C(=O)C2CCCCCC2)C1. The Labute approximate surface area is 121 Å². The van der Waals surface area contributed by atoms with Crippen molar-refractivity contribution in [2.75, 3.05) is 13.1 Å².